The Balaban J connectivity index is 2.55. The Morgan fingerprint density at radius 1 is 1.37 bits per heavy atom. The maximum Gasteiger partial charge on any atom is 0.336 e. The molecule has 1 aromatic rings. The highest BCUT2D eigenvalue weighted by Crippen LogP contribution is 2.15. The van der Waals surface area contributed by atoms with E-state index < -0.39 is 5.97 Å². The Morgan fingerprint density at radius 3 is 2.74 bits per heavy atom. The Kier molecular flexibility index (Phi) is 6.02. The third-order valence-electron chi connectivity index (χ3n) is 2.63. The highest BCUT2D eigenvalue weighted by molar-refractivity contribution is 5.95. The molecule has 2 N–H and O–H groups in total. The van der Waals surface area contributed by atoms with E-state index >= 15 is 0 Å². The van der Waals surface area contributed by atoms with Gasteiger partial charge in [-0.3, -0.25) is 4.79 Å². The van der Waals surface area contributed by atoms with Crippen LogP contribution in [0.3, 0.4) is 0 Å². The quantitative estimate of drug-likeness (QED) is 0.742. The number of aryl methyl sites for hydroxylation is 1. The standard InChI is InChI=1S/C14H19NO4/c1-3-4-7-19-9-13(16)15-11-6-5-10(2)12(8-11)14(17)18/h5-6,8H,3-4,7,9H2,1-2H3,(H,15,16)(H,17,18). The van der Waals surface area contributed by atoms with Crippen molar-refractivity contribution < 1.29 is 19.4 Å². The van der Waals surface area contributed by atoms with E-state index in [1.54, 1.807) is 19.1 Å². The van der Waals surface area contributed by atoms with Crippen molar-refractivity contribution in [2.45, 2.75) is 26.7 Å². The number of amides is 1. The number of carboxylic acids is 1. The normalized spacial score (nSPS) is 10.2. The lowest BCUT2D eigenvalue weighted by atomic mass is 10.1. The summed E-state index contributed by atoms with van der Waals surface area (Å²) >= 11 is 0. The number of ether oxygens (including phenoxy) is 1. The molecule has 0 aliphatic rings. The number of carbonyl (C=O) groups excluding carboxylic acids is 1. The number of unbranched alkanes of at least 4 members (excludes halogenated alkanes) is 1. The molecule has 0 atom stereocenters. The summed E-state index contributed by atoms with van der Waals surface area (Å²) < 4.78 is 5.18. The molecule has 0 aliphatic heterocycles. The van der Waals surface area contributed by atoms with Gasteiger partial charge in [0.05, 0.1) is 5.56 Å². The van der Waals surface area contributed by atoms with Crippen LogP contribution in [0.2, 0.25) is 0 Å². The molecule has 0 aliphatic carbocycles. The molecule has 0 unspecified atom stereocenters. The Morgan fingerprint density at radius 2 is 2.11 bits per heavy atom. The summed E-state index contributed by atoms with van der Waals surface area (Å²) in [6.07, 6.45) is 1.93. The van der Waals surface area contributed by atoms with Gasteiger partial charge in [-0.15, -0.1) is 0 Å². The second kappa shape index (κ2) is 7.53. The van der Waals surface area contributed by atoms with Crippen LogP contribution in [0.15, 0.2) is 18.2 Å². The first-order valence-corrected chi connectivity index (χ1v) is 6.26. The van der Waals surface area contributed by atoms with Gasteiger partial charge >= 0.3 is 5.97 Å². The fourth-order valence-corrected chi connectivity index (χ4v) is 1.54. The summed E-state index contributed by atoms with van der Waals surface area (Å²) in [7, 11) is 0. The molecule has 1 rings (SSSR count). The van der Waals surface area contributed by atoms with Crippen LogP contribution in [-0.2, 0) is 9.53 Å². The molecule has 1 aromatic carbocycles. The van der Waals surface area contributed by atoms with Crippen molar-refractivity contribution in [2.75, 3.05) is 18.5 Å². The zero-order valence-corrected chi connectivity index (χ0v) is 11.2. The molecule has 0 aromatic heterocycles. The van der Waals surface area contributed by atoms with Gasteiger partial charge in [-0.1, -0.05) is 19.4 Å². The second-order valence-electron chi connectivity index (χ2n) is 4.29. The summed E-state index contributed by atoms with van der Waals surface area (Å²) in [6, 6.07) is 4.78. The predicted octanol–water partition coefficient (Wildman–Crippen LogP) is 2.45. The third-order valence-corrected chi connectivity index (χ3v) is 2.63. The van der Waals surface area contributed by atoms with Crippen LogP contribution in [0.5, 0.6) is 0 Å². The average Bonchev–Trinajstić information content (AvgIpc) is 2.36. The summed E-state index contributed by atoms with van der Waals surface area (Å²) in [5.74, 6) is -1.29. The highest BCUT2D eigenvalue weighted by atomic mass is 16.5. The smallest absolute Gasteiger partial charge is 0.336 e. The number of hydrogen-bond acceptors (Lipinski definition) is 3. The number of aromatic carboxylic acids is 1. The van der Waals surface area contributed by atoms with E-state index in [1.807, 2.05) is 6.92 Å². The molecule has 0 heterocycles. The minimum Gasteiger partial charge on any atom is -0.478 e. The molecule has 104 valence electrons. The number of carboxylic acid groups (broad SMARTS) is 1. The van der Waals surface area contributed by atoms with E-state index in [-0.39, 0.29) is 18.1 Å². The molecular formula is C14H19NO4. The van der Waals surface area contributed by atoms with Crippen LogP contribution in [0.1, 0.15) is 35.7 Å². The lowest BCUT2D eigenvalue weighted by molar-refractivity contribution is -0.120. The van der Waals surface area contributed by atoms with Gasteiger partial charge in [-0.25, -0.2) is 4.79 Å². The van der Waals surface area contributed by atoms with Crippen molar-refractivity contribution in [1.82, 2.24) is 0 Å². The van der Waals surface area contributed by atoms with E-state index in [0.29, 0.717) is 17.9 Å². The largest absolute Gasteiger partial charge is 0.478 e. The molecule has 5 nitrogen and oxygen atoms in total. The van der Waals surface area contributed by atoms with Crippen molar-refractivity contribution in [3.05, 3.63) is 29.3 Å². The molecule has 0 saturated heterocycles. The van der Waals surface area contributed by atoms with E-state index in [0.717, 1.165) is 12.8 Å². The van der Waals surface area contributed by atoms with Gasteiger partial charge in [-0.05, 0) is 31.0 Å². The van der Waals surface area contributed by atoms with Crippen LogP contribution < -0.4 is 5.32 Å². The van der Waals surface area contributed by atoms with Gasteiger partial charge in [0.15, 0.2) is 0 Å². The molecule has 0 radical (unpaired) electrons. The first kappa shape index (κ1) is 15.2. The van der Waals surface area contributed by atoms with Crippen molar-refractivity contribution in [2.24, 2.45) is 0 Å². The highest BCUT2D eigenvalue weighted by Gasteiger charge is 2.09. The molecule has 0 fully saturated rings. The zero-order chi connectivity index (χ0) is 14.3. The Labute approximate surface area is 112 Å². The van der Waals surface area contributed by atoms with Crippen LogP contribution in [0.25, 0.3) is 0 Å². The van der Waals surface area contributed by atoms with E-state index in [9.17, 15) is 9.59 Å². The number of nitrogens with one attached hydrogen (secondary N) is 1. The maximum absolute atomic E-state index is 11.6. The number of hydrogen-bond donors (Lipinski definition) is 2. The summed E-state index contributed by atoms with van der Waals surface area (Å²) in [6.45, 7) is 4.29. The van der Waals surface area contributed by atoms with Gasteiger partial charge in [0.2, 0.25) is 5.91 Å². The number of carbonyl (C=O) groups is 2. The van der Waals surface area contributed by atoms with Crippen LogP contribution in [0, 0.1) is 6.92 Å². The van der Waals surface area contributed by atoms with Gasteiger partial charge in [0, 0.05) is 12.3 Å². The predicted molar refractivity (Wildman–Crippen MR) is 72.5 cm³/mol. The minimum atomic E-state index is -1.01. The lowest BCUT2D eigenvalue weighted by Gasteiger charge is -2.08. The van der Waals surface area contributed by atoms with Gasteiger partial charge in [-0.2, -0.15) is 0 Å². The van der Waals surface area contributed by atoms with Gasteiger partial charge < -0.3 is 15.2 Å². The molecule has 0 spiro atoms. The fraction of sp³-hybridized carbons (Fsp3) is 0.429. The number of benzene rings is 1. The van der Waals surface area contributed by atoms with E-state index in [4.69, 9.17) is 9.84 Å². The zero-order valence-electron chi connectivity index (χ0n) is 11.2. The Hall–Kier alpha value is -1.88. The molecule has 5 heteroatoms. The topological polar surface area (TPSA) is 75.6 Å². The van der Waals surface area contributed by atoms with E-state index in [1.165, 1.54) is 6.07 Å². The van der Waals surface area contributed by atoms with Gasteiger partial charge in [0.1, 0.15) is 6.61 Å². The maximum atomic E-state index is 11.6. The van der Waals surface area contributed by atoms with Gasteiger partial charge in [0.25, 0.3) is 0 Å². The van der Waals surface area contributed by atoms with Crippen molar-refractivity contribution in [3.63, 3.8) is 0 Å². The van der Waals surface area contributed by atoms with Crippen LogP contribution in [-0.4, -0.2) is 30.2 Å². The first-order chi connectivity index (χ1) is 9.04. The molecule has 0 bridgehead atoms. The minimum absolute atomic E-state index is 0.0176. The molecule has 0 saturated carbocycles. The summed E-state index contributed by atoms with van der Waals surface area (Å²) in [4.78, 5) is 22.5. The fourth-order valence-electron chi connectivity index (χ4n) is 1.54. The first-order valence-electron chi connectivity index (χ1n) is 6.26. The average molecular weight is 265 g/mol. The second-order valence-corrected chi connectivity index (χ2v) is 4.29. The monoisotopic (exact) mass is 265 g/mol. The van der Waals surface area contributed by atoms with Crippen LogP contribution >= 0.6 is 0 Å². The van der Waals surface area contributed by atoms with Crippen molar-refractivity contribution >= 4 is 17.6 Å². The summed E-state index contributed by atoms with van der Waals surface area (Å²) in [5, 5.41) is 11.6. The molecular weight excluding hydrogens is 246 g/mol. The van der Waals surface area contributed by atoms with Crippen molar-refractivity contribution in [1.29, 1.82) is 0 Å². The van der Waals surface area contributed by atoms with Crippen LogP contribution in [0.4, 0.5) is 5.69 Å². The van der Waals surface area contributed by atoms with E-state index in [2.05, 4.69) is 5.32 Å². The molecule has 19 heavy (non-hydrogen) atoms. The number of anilines is 1. The van der Waals surface area contributed by atoms with Crippen molar-refractivity contribution in [3.8, 4) is 0 Å². The Bertz CT molecular complexity index is 457. The lowest BCUT2D eigenvalue weighted by Crippen LogP contribution is -2.19. The number of rotatable bonds is 7. The molecule has 1 amide bonds. The summed E-state index contributed by atoms with van der Waals surface area (Å²) in [5.41, 5.74) is 1.31. The SMILES string of the molecule is CCCCOCC(=O)Nc1ccc(C)c(C(=O)O)c1. The third kappa shape index (κ3) is 5.09.